The lowest BCUT2D eigenvalue weighted by Crippen LogP contribution is -2.02. The van der Waals surface area contributed by atoms with Crippen LogP contribution in [0.25, 0.3) is 0 Å². The lowest BCUT2D eigenvalue weighted by atomic mass is 10.2. The van der Waals surface area contributed by atoms with E-state index in [4.69, 9.17) is 10.5 Å². The van der Waals surface area contributed by atoms with E-state index in [-0.39, 0.29) is 0 Å². The van der Waals surface area contributed by atoms with Crippen LogP contribution in [0.4, 0.5) is 0 Å². The number of benzene rings is 1. The number of rotatable bonds is 3. The number of ether oxygens (including phenoxy) is 1. The molecule has 2 rings (SSSR count). The van der Waals surface area contributed by atoms with Gasteiger partial charge < -0.3 is 10.5 Å². The number of hydrogen-bond acceptors (Lipinski definition) is 3. The summed E-state index contributed by atoms with van der Waals surface area (Å²) in [4.78, 5) is 4.37. The quantitative estimate of drug-likeness (QED) is 0.880. The molecule has 1 aromatic carbocycles. The van der Waals surface area contributed by atoms with E-state index in [9.17, 15) is 0 Å². The number of aryl methyl sites for hydroxylation is 1. The maximum atomic E-state index is 5.81. The van der Waals surface area contributed by atoms with Crippen molar-refractivity contribution in [3.8, 4) is 11.6 Å². The van der Waals surface area contributed by atoms with E-state index in [1.54, 1.807) is 0 Å². The Morgan fingerprint density at radius 2 is 2.00 bits per heavy atom. The molecule has 0 saturated carbocycles. The number of nitrogens with zero attached hydrogens (tertiary/aromatic N) is 1. The maximum absolute atomic E-state index is 5.81. The van der Waals surface area contributed by atoms with Crippen LogP contribution in [-0.4, -0.2) is 4.98 Å². The predicted octanol–water partition coefficient (Wildman–Crippen LogP) is 4.17. The molecule has 1 heterocycles. The van der Waals surface area contributed by atoms with Crippen molar-refractivity contribution < 1.29 is 4.74 Å². The van der Waals surface area contributed by atoms with Gasteiger partial charge in [0.2, 0.25) is 5.88 Å². The largest absolute Gasteiger partial charge is 0.437 e. The first-order valence-electron chi connectivity index (χ1n) is 5.39. The molecule has 0 aliphatic rings. The molecule has 18 heavy (non-hydrogen) atoms. The van der Waals surface area contributed by atoms with Gasteiger partial charge in [-0.3, -0.25) is 0 Å². The van der Waals surface area contributed by atoms with E-state index in [1.807, 2.05) is 37.3 Å². The standard InChI is InChI=1S/C13H12Br2N2O/c1-8-2-3-9(7-16)13(17-8)18-12-5-4-10(14)6-11(12)15/h2-6H,7,16H2,1H3. The SMILES string of the molecule is Cc1ccc(CN)c(Oc2ccc(Br)cc2Br)n1. The molecule has 2 N–H and O–H groups in total. The molecule has 0 atom stereocenters. The van der Waals surface area contributed by atoms with Crippen molar-refractivity contribution in [1.82, 2.24) is 4.98 Å². The van der Waals surface area contributed by atoms with Crippen LogP contribution in [-0.2, 0) is 6.54 Å². The smallest absolute Gasteiger partial charge is 0.224 e. The average molecular weight is 372 g/mol. The molecule has 1 aromatic heterocycles. The van der Waals surface area contributed by atoms with Gasteiger partial charge in [0.1, 0.15) is 5.75 Å². The number of aromatic nitrogens is 1. The van der Waals surface area contributed by atoms with Crippen LogP contribution in [0.5, 0.6) is 11.6 Å². The van der Waals surface area contributed by atoms with E-state index in [0.717, 1.165) is 20.2 Å². The lowest BCUT2D eigenvalue weighted by Gasteiger charge is -2.11. The van der Waals surface area contributed by atoms with Crippen LogP contribution in [0, 0.1) is 6.92 Å². The first kappa shape index (κ1) is 13.5. The fourth-order valence-corrected chi connectivity index (χ4v) is 2.60. The van der Waals surface area contributed by atoms with Crippen molar-refractivity contribution in [3.63, 3.8) is 0 Å². The third-order valence-corrected chi connectivity index (χ3v) is 3.51. The monoisotopic (exact) mass is 370 g/mol. The summed E-state index contributed by atoms with van der Waals surface area (Å²) >= 11 is 6.86. The van der Waals surface area contributed by atoms with Crippen molar-refractivity contribution >= 4 is 31.9 Å². The van der Waals surface area contributed by atoms with Crippen molar-refractivity contribution in [2.75, 3.05) is 0 Å². The van der Waals surface area contributed by atoms with E-state index in [0.29, 0.717) is 18.2 Å². The molecule has 0 amide bonds. The number of hydrogen-bond donors (Lipinski definition) is 1. The molecular formula is C13H12Br2N2O. The Morgan fingerprint density at radius 3 is 2.67 bits per heavy atom. The van der Waals surface area contributed by atoms with Gasteiger partial charge in [-0.1, -0.05) is 22.0 Å². The summed E-state index contributed by atoms with van der Waals surface area (Å²) in [6.45, 7) is 2.32. The minimum Gasteiger partial charge on any atom is -0.437 e. The van der Waals surface area contributed by atoms with Crippen molar-refractivity contribution in [2.45, 2.75) is 13.5 Å². The summed E-state index contributed by atoms with van der Waals surface area (Å²) < 4.78 is 7.66. The minimum atomic E-state index is 0.400. The highest BCUT2D eigenvalue weighted by Gasteiger charge is 2.08. The summed E-state index contributed by atoms with van der Waals surface area (Å²) in [6, 6.07) is 9.57. The van der Waals surface area contributed by atoms with E-state index < -0.39 is 0 Å². The molecule has 94 valence electrons. The Labute approximate surface area is 123 Å². The molecular weight excluding hydrogens is 360 g/mol. The van der Waals surface area contributed by atoms with E-state index in [2.05, 4.69) is 36.8 Å². The maximum Gasteiger partial charge on any atom is 0.224 e. The van der Waals surface area contributed by atoms with Gasteiger partial charge in [0.25, 0.3) is 0 Å². The second kappa shape index (κ2) is 5.82. The summed E-state index contributed by atoms with van der Waals surface area (Å²) in [5.74, 6) is 1.27. The van der Waals surface area contributed by atoms with E-state index >= 15 is 0 Å². The highest BCUT2D eigenvalue weighted by Crippen LogP contribution is 2.32. The van der Waals surface area contributed by atoms with Crippen LogP contribution in [0.3, 0.4) is 0 Å². The van der Waals surface area contributed by atoms with Gasteiger partial charge >= 0.3 is 0 Å². The molecule has 0 aliphatic carbocycles. The molecule has 0 bridgehead atoms. The van der Waals surface area contributed by atoms with Gasteiger partial charge in [0.05, 0.1) is 4.47 Å². The lowest BCUT2D eigenvalue weighted by molar-refractivity contribution is 0.452. The number of nitrogens with two attached hydrogens (primary N) is 1. The van der Waals surface area contributed by atoms with Crippen LogP contribution in [0.1, 0.15) is 11.3 Å². The van der Waals surface area contributed by atoms with Crippen molar-refractivity contribution in [1.29, 1.82) is 0 Å². The summed E-state index contributed by atoms with van der Waals surface area (Å²) in [5.41, 5.74) is 7.46. The molecule has 0 spiro atoms. The van der Waals surface area contributed by atoms with Crippen molar-refractivity contribution in [3.05, 3.63) is 50.5 Å². The van der Waals surface area contributed by atoms with Crippen LogP contribution in [0.15, 0.2) is 39.3 Å². The third kappa shape index (κ3) is 3.10. The normalized spacial score (nSPS) is 10.4. The summed E-state index contributed by atoms with van der Waals surface area (Å²) in [5, 5.41) is 0. The van der Waals surface area contributed by atoms with E-state index in [1.165, 1.54) is 0 Å². The molecule has 0 saturated heterocycles. The Bertz CT molecular complexity index is 573. The second-order valence-corrected chi connectivity index (χ2v) is 5.57. The first-order valence-corrected chi connectivity index (χ1v) is 6.98. The molecule has 0 aliphatic heterocycles. The minimum absolute atomic E-state index is 0.400. The first-order chi connectivity index (χ1) is 8.60. The molecule has 3 nitrogen and oxygen atoms in total. The van der Waals surface area contributed by atoms with Crippen LogP contribution < -0.4 is 10.5 Å². The molecule has 2 aromatic rings. The molecule has 0 unspecified atom stereocenters. The predicted molar refractivity (Wildman–Crippen MR) is 78.8 cm³/mol. The highest BCUT2D eigenvalue weighted by molar-refractivity contribution is 9.11. The Kier molecular flexibility index (Phi) is 4.37. The zero-order valence-corrected chi connectivity index (χ0v) is 13.0. The van der Waals surface area contributed by atoms with Crippen LogP contribution in [0.2, 0.25) is 0 Å². The summed E-state index contributed by atoms with van der Waals surface area (Å²) in [6.07, 6.45) is 0. The summed E-state index contributed by atoms with van der Waals surface area (Å²) in [7, 11) is 0. The Balaban J connectivity index is 2.36. The van der Waals surface area contributed by atoms with Gasteiger partial charge in [-0.05, 0) is 47.1 Å². The Hall–Kier alpha value is -0.910. The van der Waals surface area contributed by atoms with Gasteiger partial charge in [-0.2, -0.15) is 0 Å². The van der Waals surface area contributed by atoms with Gasteiger partial charge in [0, 0.05) is 22.3 Å². The average Bonchev–Trinajstić information content (AvgIpc) is 2.33. The van der Waals surface area contributed by atoms with Gasteiger partial charge in [0.15, 0.2) is 0 Å². The fourth-order valence-electron chi connectivity index (χ4n) is 1.47. The third-order valence-electron chi connectivity index (χ3n) is 2.40. The molecule has 5 heteroatoms. The van der Waals surface area contributed by atoms with Gasteiger partial charge in [-0.25, -0.2) is 4.98 Å². The van der Waals surface area contributed by atoms with Gasteiger partial charge in [-0.15, -0.1) is 0 Å². The van der Waals surface area contributed by atoms with Crippen LogP contribution >= 0.6 is 31.9 Å². The number of halogens is 2. The zero-order chi connectivity index (χ0) is 13.1. The fraction of sp³-hybridized carbons (Fsp3) is 0.154. The van der Waals surface area contributed by atoms with Crippen molar-refractivity contribution in [2.24, 2.45) is 5.73 Å². The second-order valence-electron chi connectivity index (χ2n) is 3.80. The highest BCUT2D eigenvalue weighted by atomic mass is 79.9. The number of pyridine rings is 1. The molecule has 0 fully saturated rings. The Morgan fingerprint density at radius 1 is 1.22 bits per heavy atom. The topological polar surface area (TPSA) is 48.1 Å². The zero-order valence-electron chi connectivity index (χ0n) is 9.78. The molecule has 0 radical (unpaired) electrons.